The summed E-state index contributed by atoms with van der Waals surface area (Å²) < 4.78 is 10.4. The monoisotopic (exact) mass is 380 g/mol. The molecule has 0 fully saturated rings. The van der Waals surface area contributed by atoms with Crippen molar-refractivity contribution in [3.63, 3.8) is 0 Å². The van der Waals surface area contributed by atoms with Crippen molar-refractivity contribution in [2.75, 3.05) is 24.9 Å². The van der Waals surface area contributed by atoms with Gasteiger partial charge in [0.15, 0.2) is 11.5 Å². The number of H-pyrrole nitrogens is 1. The molecule has 8 nitrogen and oxygen atoms in total. The molecule has 0 saturated carbocycles. The number of aromatic amines is 1. The predicted octanol–water partition coefficient (Wildman–Crippen LogP) is 3.44. The molecule has 1 heterocycles. The van der Waals surface area contributed by atoms with E-state index >= 15 is 0 Å². The number of aromatic nitrogens is 1. The van der Waals surface area contributed by atoms with Gasteiger partial charge in [0, 0.05) is 29.2 Å². The van der Waals surface area contributed by atoms with Gasteiger partial charge in [-0.05, 0) is 35.9 Å². The van der Waals surface area contributed by atoms with Crippen LogP contribution in [0.25, 0.3) is 11.1 Å². The Labute approximate surface area is 161 Å². The van der Waals surface area contributed by atoms with E-state index in [4.69, 9.17) is 15.2 Å². The zero-order valence-electron chi connectivity index (χ0n) is 15.4. The normalized spacial score (nSPS) is 10.2. The summed E-state index contributed by atoms with van der Waals surface area (Å²) in [5.41, 5.74) is 8.36. The van der Waals surface area contributed by atoms with E-state index in [9.17, 15) is 9.59 Å². The van der Waals surface area contributed by atoms with Gasteiger partial charge < -0.3 is 30.8 Å². The number of amides is 3. The molecule has 0 aliphatic heterocycles. The maximum absolute atomic E-state index is 12.2. The van der Waals surface area contributed by atoms with Crippen molar-refractivity contribution in [2.24, 2.45) is 5.73 Å². The standard InChI is InChI=1S/C20H20N4O4/c1-27-16-8-7-14(11-17(16)28-2)24-20(26)23-13-5-3-12(4-6-13)15-9-10-22-18(15)19(21)25/h3-11,22H,1-2H3,(H2,21,25)(H2,23,24,26). The fourth-order valence-corrected chi connectivity index (χ4v) is 2.75. The highest BCUT2D eigenvalue weighted by Gasteiger charge is 2.12. The number of benzene rings is 2. The second-order valence-electron chi connectivity index (χ2n) is 5.86. The first-order valence-corrected chi connectivity index (χ1v) is 8.39. The van der Waals surface area contributed by atoms with Gasteiger partial charge in [0.2, 0.25) is 0 Å². The molecule has 0 saturated heterocycles. The van der Waals surface area contributed by atoms with E-state index in [1.165, 1.54) is 7.11 Å². The van der Waals surface area contributed by atoms with Crippen molar-refractivity contribution in [2.45, 2.75) is 0 Å². The van der Waals surface area contributed by atoms with Gasteiger partial charge in [-0.15, -0.1) is 0 Å². The summed E-state index contributed by atoms with van der Waals surface area (Å²) in [6, 6.07) is 13.5. The van der Waals surface area contributed by atoms with Crippen molar-refractivity contribution in [1.82, 2.24) is 4.98 Å². The van der Waals surface area contributed by atoms with Crippen LogP contribution >= 0.6 is 0 Å². The zero-order valence-corrected chi connectivity index (χ0v) is 15.4. The van der Waals surface area contributed by atoms with Gasteiger partial charge in [-0.25, -0.2) is 4.79 Å². The van der Waals surface area contributed by atoms with Crippen molar-refractivity contribution in [1.29, 1.82) is 0 Å². The molecule has 0 radical (unpaired) electrons. The molecule has 3 amide bonds. The second-order valence-corrected chi connectivity index (χ2v) is 5.86. The van der Waals surface area contributed by atoms with E-state index in [2.05, 4.69) is 15.6 Å². The highest BCUT2D eigenvalue weighted by molar-refractivity contribution is 6.00. The molecule has 3 aromatic rings. The van der Waals surface area contributed by atoms with Crippen LogP contribution < -0.4 is 25.8 Å². The van der Waals surface area contributed by atoms with Crippen LogP contribution in [0.4, 0.5) is 16.2 Å². The molecule has 0 aliphatic carbocycles. The van der Waals surface area contributed by atoms with E-state index in [-0.39, 0.29) is 0 Å². The smallest absolute Gasteiger partial charge is 0.323 e. The third-order valence-electron chi connectivity index (χ3n) is 4.09. The summed E-state index contributed by atoms with van der Waals surface area (Å²) >= 11 is 0. The lowest BCUT2D eigenvalue weighted by Crippen LogP contribution is -2.19. The Morgan fingerprint density at radius 2 is 1.54 bits per heavy atom. The van der Waals surface area contributed by atoms with Gasteiger partial charge in [0.1, 0.15) is 5.69 Å². The molecule has 0 unspecified atom stereocenters. The van der Waals surface area contributed by atoms with Crippen LogP contribution in [0.2, 0.25) is 0 Å². The number of methoxy groups -OCH3 is 2. The van der Waals surface area contributed by atoms with Gasteiger partial charge in [-0.1, -0.05) is 12.1 Å². The van der Waals surface area contributed by atoms with Crippen LogP contribution in [-0.4, -0.2) is 31.1 Å². The molecule has 5 N–H and O–H groups in total. The number of rotatable bonds is 6. The first-order chi connectivity index (χ1) is 13.5. The largest absolute Gasteiger partial charge is 0.493 e. The van der Waals surface area contributed by atoms with Crippen LogP contribution in [0.5, 0.6) is 11.5 Å². The Kier molecular flexibility index (Phi) is 5.50. The topological polar surface area (TPSA) is 118 Å². The molecule has 0 atom stereocenters. The Bertz CT molecular complexity index is 996. The first-order valence-electron chi connectivity index (χ1n) is 8.39. The maximum Gasteiger partial charge on any atom is 0.323 e. The van der Waals surface area contributed by atoms with Crippen molar-refractivity contribution >= 4 is 23.3 Å². The third-order valence-corrected chi connectivity index (χ3v) is 4.09. The van der Waals surface area contributed by atoms with E-state index in [1.807, 2.05) is 0 Å². The third kappa shape index (κ3) is 4.07. The number of carbonyl (C=O) groups excluding carboxylic acids is 2. The number of nitrogens with two attached hydrogens (primary N) is 1. The van der Waals surface area contributed by atoms with Crippen molar-refractivity contribution < 1.29 is 19.1 Å². The second kappa shape index (κ2) is 8.17. The number of carbonyl (C=O) groups is 2. The number of urea groups is 1. The van der Waals surface area contributed by atoms with E-state index < -0.39 is 11.9 Å². The van der Waals surface area contributed by atoms with Crippen LogP contribution in [0, 0.1) is 0 Å². The van der Waals surface area contributed by atoms with Crippen LogP contribution in [0.3, 0.4) is 0 Å². The van der Waals surface area contributed by atoms with Crippen molar-refractivity contribution in [3.8, 4) is 22.6 Å². The lowest BCUT2D eigenvalue weighted by Gasteiger charge is -2.11. The average molecular weight is 380 g/mol. The molecule has 0 bridgehead atoms. The molecule has 8 heteroatoms. The fourth-order valence-electron chi connectivity index (χ4n) is 2.75. The van der Waals surface area contributed by atoms with Crippen LogP contribution in [0.1, 0.15) is 10.5 Å². The van der Waals surface area contributed by atoms with E-state index in [0.717, 1.165) is 5.56 Å². The maximum atomic E-state index is 12.2. The van der Waals surface area contributed by atoms with E-state index in [0.29, 0.717) is 34.1 Å². The number of ether oxygens (including phenoxy) is 2. The molecule has 0 aliphatic rings. The molecular formula is C20H20N4O4. The molecule has 144 valence electrons. The Balaban J connectivity index is 1.68. The van der Waals surface area contributed by atoms with E-state index in [1.54, 1.807) is 61.8 Å². The summed E-state index contributed by atoms with van der Waals surface area (Å²) in [5.74, 6) is 0.557. The molecule has 28 heavy (non-hydrogen) atoms. The Morgan fingerprint density at radius 3 is 2.18 bits per heavy atom. The number of hydrogen-bond donors (Lipinski definition) is 4. The van der Waals surface area contributed by atoms with Crippen LogP contribution in [-0.2, 0) is 0 Å². The van der Waals surface area contributed by atoms with Crippen molar-refractivity contribution in [3.05, 3.63) is 60.4 Å². The molecule has 3 rings (SSSR count). The highest BCUT2D eigenvalue weighted by Crippen LogP contribution is 2.30. The Hall–Kier alpha value is -3.94. The summed E-state index contributed by atoms with van der Waals surface area (Å²) in [5, 5.41) is 5.48. The quantitative estimate of drug-likeness (QED) is 0.524. The lowest BCUT2D eigenvalue weighted by atomic mass is 10.1. The summed E-state index contributed by atoms with van der Waals surface area (Å²) in [7, 11) is 3.07. The summed E-state index contributed by atoms with van der Waals surface area (Å²) in [6.45, 7) is 0. The van der Waals surface area contributed by atoms with Gasteiger partial charge in [0.25, 0.3) is 5.91 Å². The van der Waals surface area contributed by atoms with Gasteiger partial charge in [0.05, 0.1) is 14.2 Å². The summed E-state index contributed by atoms with van der Waals surface area (Å²) in [6.07, 6.45) is 1.65. The Morgan fingerprint density at radius 1 is 0.893 bits per heavy atom. The SMILES string of the molecule is COc1ccc(NC(=O)Nc2ccc(-c3cc[nH]c3C(N)=O)cc2)cc1OC. The highest BCUT2D eigenvalue weighted by atomic mass is 16.5. The minimum absolute atomic E-state index is 0.340. The number of nitrogens with one attached hydrogen (secondary N) is 3. The fraction of sp³-hybridized carbons (Fsp3) is 0.100. The molecular weight excluding hydrogens is 360 g/mol. The number of hydrogen-bond acceptors (Lipinski definition) is 4. The van der Waals surface area contributed by atoms with Gasteiger partial charge in [-0.3, -0.25) is 4.79 Å². The molecule has 2 aromatic carbocycles. The first kappa shape index (κ1) is 18.8. The minimum atomic E-state index is -0.531. The summed E-state index contributed by atoms with van der Waals surface area (Å²) in [4.78, 5) is 26.5. The zero-order chi connectivity index (χ0) is 20.1. The predicted molar refractivity (Wildman–Crippen MR) is 107 cm³/mol. The average Bonchev–Trinajstić information content (AvgIpc) is 3.18. The molecule has 0 spiro atoms. The lowest BCUT2D eigenvalue weighted by molar-refractivity contribution is 0.0997. The van der Waals surface area contributed by atoms with Gasteiger partial charge in [-0.2, -0.15) is 0 Å². The number of anilines is 2. The number of primary amides is 1. The minimum Gasteiger partial charge on any atom is -0.493 e. The molecule has 1 aromatic heterocycles. The van der Waals surface area contributed by atoms with Gasteiger partial charge >= 0.3 is 6.03 Å². The van der Waals surface area contributed by atoms with Crippen LogP contribution in [0.15, 0.2) is 54.7 Å².